The lowest BCUT2D eigenvalue weighted by Gasteiger charge is -2.19. The number of aromatic nitrogens is 2. The van der Waals surface area contributed by atoms with Crippen molar-refractivity contribution >= 4 is 15.9 Å². The number of hydrogen-bond donors (Lipinski definition) is 0. The molecule has 2 rings (SSSR count). The van der Waals surface area contributed by atoms with E-state index in [9.17, 15) is 0 Å². The monoisotopic (exact) mass is 257 g/mol. The van der Waals surface area contributed by atoms with E-state index >= 15 is 0 Å². The molecule has 1 heterocycles. The van der Waals surface area contributed by atoms with Gasteiger partial charge in [0, 0.05) is 37.7 Å². The molecule has 0 unspecified atom stereocenters. The molecule has 1 aliphatic rings. The second-order valence-corrected chi connectivity index (χ2v) is 4.66. The molecule has 0 aromatic carbocycles. The lowest BCUT2D eigenvalue weighted by atomic mass is 10.3. The van der Waals surface area contributed by atoms with Crippen molar-refractivity contribution in [2.24, 2.45) is 7.05 Å². The van der Waals surface area contributed by atoms with E-state index in [1.54, 1.807) is 0 Å². The predicted octanol–water partition coefficient (Wildman–Crippen LogP) is 1.78. The fraction of sp³-hybridized carbons (Fsp3) is 0.700. The van der Waals surface area contributed by atoms with Crippen LogP contribution in [0.15, 0.2) is 12.3 Å². The van der Waals surface area contributed by atoms with Crippen LogP contribution in [0.25, 0.3) is 0 Å². The molecule has 0 amide bonds. The molecule has 0 radical (unpaired) electrons. The number of nitrogens with zero attached hydrogens (tertiary/aromatic N) is 3. The summed E-state index contributed by atoms with van der Waals surface area (Å²) >= 11 is 3.50. The third-order valence-electron chi connectivity index (χ3n) is 2.57. The molecule has 3 nitrogen and oxygen atoms in total. The molecule has 78 valence electrons. The van der Waals surface area contributed by atoms with Crippen LogP contribution in [0.1, 0.15) is 18.5 Å². The maximum absolute atomic E-state index is 4.40. The molecular formula is C10H16BrN3. The third kappa shape index (κ3) is 2.58. The van der Waals surface area contributed by atoms with Gasteiger partial charge < -0.3 is 0 Å². The predicted molar refractivity (Wildman–Crippen MR) is 60.4 cm³/mol. The summed E-state index contributed by atoms with van der Waals surface area (Å²) in [7, 11) is 1.97. The van der Waals surface area contributed by atoms with Gasteiger partial charge in [-0.25, -0.2) is 0 Å². The highest BCUT2D eigenvalue weighted by atomic mass is 79.9. The second-order valence-electron chi connectivity index (χ2n) is 3.87. The van der Waals surface area contributed by atoms with E-state index in [4.69, 9.17) is 0 Å². The molecule has 0 bridgehead atoms. The standard InChI is InChI=1S/C10H16BrN3/c1-13-6-4-9(12-13)8-14(7-5-11)10-2-3-10/h4,6,10H,2-3,5,7-8H2,1H3. The molecule has 0 saturated heterocycles. The van der Waals surface area contributed by atoms with Crippen LogP contribution in [0.5, 0.6) is 0 Å². The Hall–Kier alpha value is -0.350. The van der Waals surface area contributed by atoms with E-state index in [-0.39, 0.29) is 0 Å². The molecule has 4 heteroatoms. The molecule has 1 aromatic rings. The van der Waals surface area contributed by atoms with Crippen molar-refractivity contribution in [1.82, 2.24) is 14.7 Å². The Kier molecular flexibility index (Phi) is 3.23. The summed E-state index contributed by atoms with van der Waals surface area (Å²) < 4.78 is 1.87. The summed E-state index contributed by atoms with van der Waals surface area (Å²) in [6, 6.07) is 2.92. The van der Waals surface area contributed by atoms with E-state index in [1.807, 2.05) is 17.9 Å². The van der Waals surface area contributed by atoms with Crippen molar-refractivity contribution in [3.05, 3.63) is 18.0 Å². The average molecular weight is 258 g/mol. The first-order valence-corrected chi connectivity index (χ1v) is 6.20. The van der Waals surface area contributed by atoms with Gasteiger partial charge in [-0.2, -0.15) is 5.10 Å². The SMILES string of the molecule is Cn1ccc(CN(CCBr)C2CC2)n1. The fourth-order valence-corrected chi connectivity index (χ4v) is 2.15. The molecule has 0 spiro atoms. The van der Waals surface area contributed by atoms with E-state index in [2.05, 4.69) is 32.0 Å². The number of halogens is 1. The van der Waals surface area contributed by atoms with Crippen molar-refractivity contribution in [3.8, 4) is 0 Å². The highest BCUT2D eigenvalue weighted by molar-refractivity contribution is 9.09. The van der Waals surface area contributed by atoms with Gasteiger partial charge in [0.2, 0.25) is 0 Å². The Morgan fingerprint density at radius 2 is 2.43 bits per heavy atom. The molecule has 0 atom stereocenters. The molecule has 0 N–H and O–H groups in total. The van der Waals surface area contributed by atoms with Crippen LogP contribution in [0.2, 0.25) is 0 Å². The van der Waals surface area contributed by atoms with E-state index in [0.717, 1.165) is 24.5 Å². The minimum atomic E-state index is 0.814. The van der Waals surface area contributed by atoms with Crippen LogP contribution in [-0.2, 0) is 13.6 Å². The zero-order valence-corrected chi connectivity index (χ0v) is 10.1. The summed E-state index contributed by atoms with van der Waals surface area (Å²) in [5.74, 6) is 0. The zero-order chi connectivity index (χ0) is 9.97. The number of alkyl halides is 1. The fourth-order valence-electron chi connectivity index (χ4n) is 1.69. The van der Waals surface area contributed by atoms with Gasteiger partial charge in [-0.3, -0.25) is 9.58 Å². The maximum Gasteiger partial charge on any atom is 0.0764 e. The minimum absolute atomic E-state index is 0.814. The van der Waals surface area contributed by atoms with E-state index < -0.39 is 0 Å². The molecular weight excluding hydrogens is 242 g/mol. The van der Waals surface area contributed by atoms with Crippen LogP contribution in [-0.4, -0.2) is 32.6 Å². The summed E-state index contributed by atoms with van der Waals surface area (Å²) in [6.07, 6.45) is 4.73. The molecule has 1 aromatic heterocycles. The van der Waals surface area contributed by atoms with Gasteiger partial charge in [-0.1, -0.05) is 15.9 Å². The largest absolute Gasteiger partial charge is 0.294 e. The van der Waals surface area contributed by atoms with Crippen molar-refractivity contribution < 1.29 is 0 Å². The number of rotatable bonds is 5. The Labute approximate surface area is 93.2 Å². The van der Waals surface area contributed by atoms with Crippen LogP contribution < -0.4 is 0 Å². The van der Waals surface area contributed by atoms with Gasteiger partial charge in [0.25, 0.3) is 0 Å². The quantitative estimate of drug-likeness (QED) is 0.751. The first kappa shape index (κ1) is 10.2. The maximum atomic E-state index is 4.40. The second kappa shape index (κ2) is 4.45. The Balaban J connectivity index is 1.92. The molecule has 1 fully saturated rings. The van der Waals surface area contributed by atoms with Gasteiger partial charge in [0.15, 0.2) is 0 Å². The van der Waals surface area contributed by atoms with Crippen molar-refractivity contribution in [3.63, 3.8) is 0 Å². The van der Waals surface area contributed by atoms with Gasteiger partial charge in [-0.05, 0) is 18.9 Å². The highest BCUT2D eigenvalue weighted by Crippen LogP contribution is 2.27. The highest BCUT2D eigenvalue weighted by Gasteiger charge is 2.28. The summed E-state index contributed by atoms with van der Waals surface area (Å²) in [6.45, 7) is 2.12. The van der Waals surface area contributed by atoms with Gasteiger partial charge in [0.05, 0.1) is 5.69 Å². The Morgan fingerprint density at radius 3 is 2.93 bits per heavy atom. The third-order valence-corrected chi connectivity index (χ3v) is 2.92. The summed E-state index contributed by atoms with van der Waals surface area (Å²) in [5, 5.41) is 5.45. The first-order valence-electron chi connectivity index (χ1n) is 5.08. The lowest BCUT2D eigenvalue weighted by molar-refractivity contribution is 0.268. The van der Waals surface area contributed by atoms with Crippen LogP contribution in [0, 0.1) is 0 Å². The minimum Gasteiger partial charge on any atom is -0.294 e. The van der Waals surface area contributed by atoms with Gasteiger partial charge in [0.1, 0.15) is 0 Å². The Morgan fingerprint density at radius 1 is 1.64 bits per heavy atom. The lowest BCUT2D eigenvalue weighted by Crippen LogP contribution is -2.27. The normalized spacial score (nSPS) is 16.5. The number of aryl methyl sites for hydroxylation is 1. The molecule has 1 saturated carbocycles. The van der Waals surface area contributed by atoms with E-state index in [1.165, 1.54) is 18.5 Å². The van der Waals surface area contributed by atoms with Crippen LogP contribution >= 0.6 is 15.9 Å². The summed E-state index contributed by atoms with van der Waals surface area (Å²) in [5.41, 5.74) is 1.18. The smallest absolute Gasteiger partial charge is 0.0764 e. The molecule has 0 aliphatic heterocycles. The van der Waals surface area contributed by atoms with Crippen molar-refractivity contribution in [2.75, 3.05) is 11.9 Å². The first-order chi connectivity index (χ1) is 6.79. The molecule has 14 heavy (non-hydrogen) atoms. The van der Waals surface area contributed by atoms with Crippen LogP contribution in [0.4, 0.5) is 0 Å². The van der Waals surface area contributed by atoms with Crippen molar-refractivity contribution in [2.45, 2.75) is 25.4 Å². The van der Waals surface area contributed by atoms with Crippen molar-refractivity contribution in [1.29, 1.82) is 0 Å². The van der Waals surface area contributed by atoms with E-state index in [0.29, 0.717) is 0 Å². The number of hydrogen-bond acceptors (Lipinski definition) is 2. The van der Waals surface area contributed by atoms with Crippen LogP contribution in [0.3, 0.4) is 0 Å². The Bertz CT molecular complexity index is 293. The van der Waals surface area contributed by atoms with Gasteiger partial charge >= 0.3 is 0 Å². The molecule has 1 aliphatic carbocycles. The zero-order valence-electron chi connectivity index (χ0n) is 8.49. The topological polar surface area (TPSA) is 21.1 Å². The summed E-state index contributed by atoms with van der Waals surface area (Å²) in [4.78, 5) is 2.51. The average Bonchev–Trinajstić information content (AvgIpc) is 2.91. The van der Waals surface area contributed by atoms with Gasteiger partial charge in [-0.15, -0.1) is 0 Å².